The minimum Gasteiger partial charge on any atom is -0.491 e. The van der Waals surface area contributed by atoms with Crippen LogP contribution in [-0.4, -0.2) is 27.4 Å². The number of hydrogen-bond acceptors (Lipinski definition) is 4. The Morgan fingerprint density at radius 2 is 2.00 bits per heavy atom. The van der Waals surface area contributed by atoms with Crippen LogP contribution in [0.4, 0.5) is 5.82 Å². The molecular formula is C14H14N4O. The van der Waals surface area contributed by atoms with Crippen LogP contribution in [0.25, 0.3) is 11.3 Å². The highest BCUT2D eigenvalue weighted by Crippen LogP contribution is 2.30. The molecule has 0 atom stereocenters. The predicted octanol–water partition coefficient (Wildman–Crippen LogP) is 2.02. The molecule has 1 aromatic heterocycles. The second-order valence-corrected chi connectivity index (χ2v) is 4.31. The van der Waals surface area contributed by atoms with E-state index in [2.05, 4.69) is 9.98 Å². The molecule has 1 aliphatic rings. The van der Waals surface area contributed by atoms with Crippen molar-refractivity contribution in [2.45, 2.75) is 6.42 Å². The predicted molar refractivity (Wildman–Crippen MR) is 75.6 cm³/mol. The summed E-state index contributed by atoms with van der Waals surface area (Å²) in [6, 6.07) is 9.64. The maximum Gasteiger partial charge on any atom is 0.255 e. The summed E-state index contributed by atoms with van der Waals surface area (Å²) < 4.78 is 1.76. The maximum atomic E-state index is 9.80. The van der Waals surface area contributed by atoms with E-state index in [1.165, 1.54) is 0 Å². The van der Waals surface area contributed by atoms with Crippen LogP contribution >= 0.6 is 0 Å². The molecule has 0 radical (unpaired) electrons. The molecule has 1 aliphatic heterocycles. The fourth-order valence-electron chi connectivity index (χ4n) is 2.15. The van der Waals surface area contributed by atoms with E-state index >= 15 is 0 Å². The Morgan fingerprint density at radius 3 is 2.68 bits per heavy atom. The molecule has 5 heteroatoms. The van der Waals surface area contributed by atoms with Gasteiger partial charge in [0.1, 0.15) is 5.82 Å². The molecule has 0 saturated heterocycles. The van der Waals surface area contributed by atoms with Crippen molar-refractivity contribution in [1.29, 1.82) is 0 Å². The number of anilines is 1. The molecule has 0 aliphatic carbocycles. The Balaban J connectivity index is 2.18. The number of nitrogens with two attached hydrogens (primary N) is 1. The molecule has 0 amide bonds. The van der Waals surface area contributed by atoms with Crippen LogP contribution in [-0.2, 0) is 0 Å². The average Bonchev–Trinajstić information content (AvgIpc) is 2.77. The van der Waals surface area contributed by atoms with Crippen molar-refractivity contribution in [1.82, 2.24) is 9.55 Å². The minimum atomic E-state index is -0.137. The third kappa shape index (κ3) is 1.99. The minimum absolute atomic E-state index is 0.137. The molecule has 1 aromatic carbocycles. The molecule has 5 nitrogen and oxygen atoms in total. The van der Waals surface area contributed by atoms with Crippen molar-refractivity contribution in [3.63, 3.8) is 0 Å². The molecule has 0 bridgehead atoms. The zero-order valence-corrected chi connectivity index (χ0v) is 10.3. The number of para-hydroxylation sites is 1. The van der Waals surface area contributed by atoms with Crippen LogP contribution in [0.5, 0.6) is 5.88 Å². The van der Waals surface area contributed by atoms with Crippen LogP contribution in [0.15, 0.2) is 41.4 Å². The Labute approximate surface area is 110 Å². The fourth-order valence-corrected chi connectivity index (χ4v) is 2.15. The molecule has 2 aromatic rings. The summed E-state index contributed by atoms with van der Waals surface area (Å²) in [6.07, 6.45) is 4.46. The number of imidazole rings is 1. The van der Waals surface area contributed by atoms with Gasteiger partial charge in [-0.25, -0.2) is 0 Å². The number of aromatic nitrogens is 2. The van der Waals surface area contributed by atoms with Crippen molar-refractivity contribution >= 4 is 17.6 Å². The molecule has 0 saturated carbocycles. The number of benzene rings is 1. The van der Waals surface area contributed by atoms with Gasteiger partial charge in [0, 0.05) is 18.4 Å². The Bertz CT molecular complexity index is 656. The number of nitrogens with zero attached hydrogens (tertiary/aromatic N) is 3. The summed E-state index contributed by atoms with van der Waals surface area (Å²) in [5, 5.41) is 9.80. The van der Waals surface area contributed by atoms with Gasteiger partial charge in [0.25, 0.3) is 5.88 Å². The van der Waals surface area contributed by atoms with Crippen molar-refractivity contribution in [3.8, 4) is 11.6 Å². The lowest BCUT2D eigenvalue weighted by Crippen LogP contribution is -2.06. The summed E-state index contributed by atoms with van der Waals surface area (Å²) in [4.78, 5) is 8.33. The third-order valence-corrected chi connectivity index (χ3v) is 3.09. The number of hydrogen-bond donors (Lipinski definition) is 2. The van der Waals surface area contributed by atoms with E-state index in [4.69, 9.17) is 5.73 Å². The van der Waals surface area contributed by atoms with E-state index in [0.29, 0.717) is 5.82 Å². The number of allylic oxidation sites excluding steroid dienone is 1. The van der Waals surface area contributed by atoms with Gasteiger partial charge in [-0.15, -0.1) is 0 Å². The zero-order valence-electron chi connectivity index (χ0n) is 10.3. The highest BCUT2D eigenvalue weighted by Gasteiger charge is 2.18. The molecule has 19 heavy (non-hydrogen) atoms. The van der Waals surface area contributed by atoms with Gasteiger partial charge in [0.2, 0.25) is 0 Å². The van der Waals surface area contributed by atoms with E-state index in [1.54, 1.807) is 10.8 Å². The summed E-state index contributed by atoms with van der Waals surface area (Å²) in [5.41, 5.74) is 7.83. The van der Waals surface area contributed by atoms with Crippen LogP contribution in [0.1, 0.15) is 12.2 Å². The fraction of sp³-hybridized carbons (Fsp3) is 0.143. The van der Waals surface area contributed by atoms with E-state index in [0.717, 1.165) is 24.2 Å². The standard InChI is InChI=1S/C14H14N4O/c15-12-14(19)17-13(10-6-8-16-9-7-10)18(12)11-4-2-1-3-5-11/h1-6,8,19H,7,9,15H2. The van der Waals surface area contributed by atoms with E-state index in [1.807, 2.05) is 36.4 Å². The van der Waals surface area contributed by atoms with Crippen molar-refractivity contribution in [3.05, 3.63) is 42.2 Å². The molecule has 3 rings (SSSR count). The van der Waals surface area contributed by atoms with Crippen LogP contribution < -0.4 is 5.73 Å². The summed E-state index contributed by atoms with van der Waals surface area (Å²) >= 11 is 0. The molecule has 0 unspecified atom stereocenters. The molecule has 2 heterocycles. The molecule has 3 N–H and O–H groups in total. The van der Waals surface area contributed by atoms with Crippen LogP contribution in [0.3, 0.4) is 0 Å². The van der Waals surface area contributed by atoms with Gasteiger partial charge in [-0.1, -0.05) is 18.2 Å². The summed E-state index contributed by atoms with van der Waals surface area (Å²) in [5.74, 6) is 0.791. The lowest BCUT2D eigenvalue weighted by Gasteiger charge is -2.12. The van der Waals surface area contributed by atoms with Gasteiger partial charge < -0.3 is 10.8 Å². The molecule has 0 spiro atoms. The van der Waals surface area contributed by atoms with Crippen molar-refractivity contribution in [2.75, 3.05) is 12.3 Å². The van der Waals surface area contributed by atoms with Crippen molar-refractivity contribution < 1.29 is 5.11 Å². The number of rotatable bonds is 2. The lowest BCUT2D eigenvalue weighted by molar-refractivity contribution is 0.458. The highest BCUT2D eigenvalue weighted by molar-refractivity contribution is 5.85. The Kier molecular flexibility index (Phi) is 2.79. The molecule has 0 fully saturated rings. The second-order valence-electron chi connectivity index (χ2n) is 4.31. The number of aromatic hydroxyl groups is 1. The Hall–Kier alpha value is -2.56. The smallest absolute Gasteiger partial charge is 0.255 e. The Morgan fingerprint density at radius 1 is 1.21 bits per heavy atom. The first-order valence-electron chi connectivity index (χ1n) is 6.09. The first kappa shape index (κ1) is 11.5. The normalized spacial score (nSPS) is 14.4. The number of dihydropyridines is 1. The average molecular weight is 254 g/mol. The highest BCUT2D eigenvalue weighted by atomic mass is 16.3. The maximum absolute atomic E-state index is 9.80. The molecule has 96 valence electrons. The van der Waals surface area contributed by atoms with E-state index < -0.39 is 0 Å². The van der Waals surface area contributed by atoms with Crippen LogP contribution in [0, 0.1) is 0 Å². The van der Waals surface area contributed by atoms with Crippen LogP contribution in [0.2, 0.25) is 0 Å². The summed E-state index contributed by atoms with van der Waals surface area (Å²) in [7, 11) is 0. The van der Waals surface area contributed by atoms with Gasteiger partial charge in [0.15, 0.2) is 5.82 Å². The monoisotopic (exact) mass is 254 g/mol. The molecular weight excluding hydrogens is 240 g/mol. The second kappa shape index (κ2) is 4.61. The quantitative estimate of drug-likeness (QED) is 0.860. The third-order valence-electron chi connectivity index (χ3n) is 3.09. The first-order valence-corrected chi connectivity index (χ1v) is 6.09. The van der Waals surface area contributed by atoms with Gasteiger partial charge in [-0.2, -0.15) is 4.98 Å². The van der Waals surface area contributed by atoms with Crippen molar-refractivity contribution in [2.24, 2.45) is 4.99 Å². The number of aliphatic imine (C=N–C) groups is 1. The SMILES string of the molecule is Nc1c(O)nc(C2=CC=NCC2)n1-c1ccccc1. The topological polar surface area (TPSA) is 76.4 Å². The first-order chi connectivity index (χ1) is 9.27. The largest absolute Gasteiger partial charge is 0.491 e. The van der Waals surface area contributed by atoms with E-state index in [-0.39, 0.29) is 11.7 Å². The summed E-state index contributed by atoms with van der Waals surface area (Å²) in [6.45, 7) is 0.730. The zero-order chi connectivity index (χ0) is 13.2. The van der Waals surface area contributed by atoms with Gasteiger partial charge >= 0.3 is 0 Å². The number of nitrogen functional groups attached to an aromatic ring is 1. The van der Waals surface area contributed by atoms with Gasteiger partial charge in [-0.05, 0) is 30.2 Å². The van der Waals surface area contributed by atoms with Gasteiger partial charge in [-0.3, -0.25) is 9.56 Å². The lowest BCUT2D eigenvalue weighted by atomic mass is 10.1. The van der Waals surface area contributed by atoms with Gasteiger partial charge in [0.05, 0.1) is 0 Å². The van der Waals surface area contributed by atoms with E-state index in [9.17, 15) is 5.11 Å².